The monoisotopic (exact) mass is 686 g/mol. The fourth-order valence-electron chi connectivity index (χ4n) is 2.92. The zero-order valence-electron chi connectivity index (χ0n) is 25.8. The third-order valence-corrected chi connectivity index (χ3v) is 6.22. The van der Waals surface area contributed by atoms with Crippen molar-refractivity contribution in [2.24, 2.45) is 0 Å². The van der Waals surface area contributed by atoms with Crippen LogP contribution in [0.4, 0.5) is 0 Å². The van der Waals surface area contributed by atoms with Gasteiger partial charge in [-0.1, -0.05) is 6.58 Å². The first kappa shape index (κ1) is 48.8. The number of hydrogen-bond acceptors (Lipinski definition) is 20. The molecule has 20 nitrogen and oxygen atoms in total. The van der Waals surface area contributed by atoms with E-state index in [9.17, 15) is 20.4 Å². The molecular formula is C26H54O20. The molecule has 1 heterocycles. The van der Waals surface area contributed by atoms with E-state index in [0.717, 1.165) is 0 Å². The Morgan fingerprint density at radius 3 is 1.17 bits per heavy atom. The van der Waals surface area contributed by atoms with E-state index < -0.39 is 123 Å². The normalized spacial score (nSPS) is 24.7. The van der Waals surface area contributed by atoms with Crippen molar-refractivity contribution in [1.82, 2.24) is 0 Å². The van der Waals surface area contributed by atoms with Gasteiger partial charge in [0.15, 0.2) is 17.1 Å². The molecule has 0 aromatic carbocycles. The minimum Gasteiger partial charge on any atom is -0.506 e. The molecule has 46 heavy (non-hydrogen) atoms. The number of hydrogen-bond donors (Lipinski definition) is 19. The maximum absolute atomic E-state index is 9.83. The lowest BCUT2D eigenvalue weighted by Gasteiger charge is -2.29. The van der Waals surface area contributed by atoms with Crippen molar-refractivity contribution in [2.75, 3.05) is 39.6 Å². The molecule has 20 heteroatoms. The van der Waals surface area contributed by atoms with Crippen molar-refractivity contribution in [1.29, 1.82) is 0 Å². The maximum Gasteiger partial charge on any atom is 0.176 e. The van der Waals surface area contributed by atoms with E-state index >= 15 is 0 Å². The van der Waals surface area contributed by atoms with Crippen molar-refractivity contribution in [2.45, 2.75) is 99.6 Å². The Balaban J connectivity index is -0.000000547. The van der Waals surface area contributed by atoms with Crippen LogP contribution in [0.25, 0.3) is 0 Å². The van der Waals surface area contributed by atoms with Gasteiger partial charge in [-0.25, -0.2) is 0 Å². The van der Waals surface area contributed by atoms with Crippen LogP contribution < -0.4 is 0 Å². The van der Waals surface area contributed by atoms with Crippen LogP contribution in [-0.4, -0.2) is 216 Å². The summed E-state index contributed by atoms with van der Waals surface area (Å²) in [6, 6.07) is 0. The number of aliphatic hydroxyl groups is 19. The molecule has 1 aliphatic rings. The van der Waals surface area contributed by atoms with Crippen LogP contribution in [0, 0.1) is 0 Å². The molecule has 19 N–H and O–H groups in total. The Labute approximate surface area is 265 Å². The fraction of sp³-hybridized carbons (Fsp3) is 0.846. The summed E-state index contributed by atoms with van der Waals surface area (Å²) in [5.41, 5.74) is -2.12. The summed E-state index contributed by atoms with van der Waals surface area (Å²) in [6.45, 7) is 4.18. The Bertz CT molecular complexity index is 799. The van der Waals surface area contributed by atoms with Gasteiger partial charge in [-0.2, -0.15) is 0 Å². The highest BCUT2D eigenvalue weighted by Gasteiger charge is 2.44. The highest BCUT2D eigenvalue weighted by atomic mass is 16.5. The Kier molecular flexibility index (Phi) is 26.0. The molecule has 0 bridgehead atoms. The zero-order chi connectivity index (χ0) is 37.1. The van der Waals surface area contributed by atoms with Crippen molar-refractivity contribution in [3.63, 3.8) is 0 Å². The van der Waals surface area contributed by atoms with E-state index in [1.807, 2.05) is 0 Å². The predicted molar refractivity (Wildman–Crippen MR) is 155 cm³/mol. The van der Waals surface area contributed by atoms with E-state index in [2.05, 4.69) is 6.58 Å². The highest BCUT2D eigenvalue weighted by Crippen LogP contribution is 2.27. The van der Waals surface area contributed by atoms with E-state index in [4.69, 9.17) is 81.3 Å². The molecule has 13 atom stereocenters. The topological polar surface area (TPSA) is 394 Å². The van der Waals surface area contributed by atoms with E-state index in [-0.39, 0.29) is 12.2 Å². The zero-order valence-corrected chi connectivity index (χ0v) is 25.8. The Hall–Kier alpha value is -1.64. The van der Waals surface area contributed by atoms with Gasteiger partial charge < -0.3 is 102 Å². The smallest absolute Gasteiger partial charge is 0.176 e. The van der Waals surface area contributed by atoms with Gasteiger partial charge in [0, 0.05) is 5.57 Å². The van der Waals surface area contributed by atoms with Gasteiger partial charge in [-0.05, 0) is 20.8 Å². The highest BCUT2D eigenvalue weighted by molar-refractivity contribution is 5.31. The molecule has 1 rings (SSSR count). The minimum atomic E-state index is -2.21. The van der Waals surface area contributed by atoms with Crippen LogP contribution in [0.2, 0.25) is 0 Å². The largest absolute Gasteiger partial charge is 0.506 e. The summed E-state index contributed by atoms with van der Waals surface area (Å²) in [4.78, 5) is 0. The van der Waals surface area contributed by atoms with Crippen LogP contribution in [-0.2, 0) is 4.74 Å². The van der Waals surface area contributed by atoms with Gasteiger partial charge in [0.25, 0.3) is 0 Å². The molecule has 1 aliphatic heterocycles. The van der Waals surface area contributed by atoms with Crippen molar-refractivity contribution in [3.05, 3.63) is 23.7 Å². The maximum atomic E-state index is 9.83. The molecule has 13 unspecified atom stereocenters. The Morgan fingerprint density at radius 2 is 0.913 bits per heavy atom. The lowest BCUT2D eigenvalue weighted by Crippen LogP contribution is -2.50. The Morgan fingerprint density at radius 1 is 0.587 bits per heavy atom. The first-order valence-corrected chi connectivity index (χ1v) is 13.7. The summed E-state index contributed by atoms with van der Waals surface area (Å²) in [5.74, 6) is -1.46. The molecule has 0 aromatic rings. The van der Waals surface area contributed by atoms with Gasteiger partial charge >= 0.3 is 0 Å². The molecule has 0 saturated carbocycles. The molecule has 0 radical (unpaired) electrons. The lowest BCUT2D eigenvalue weighted by atomic mass is 9.94. The second kappa shape index (κ2) is 24.5. The summed E-state index contributed by atoms with van der Waals surface area (Å²) in [5, 5.41) is 168. The van der Waals surface area contributed by atoms with Crippen LogP contribution >= 0.6 is 0 Å². The molecule has 0 aromatic heterocycles. The SMILES string of the molecule is C=C1COCC(O)(C(O)CO)C(O)=C1O.CC(O)C(O)C(O)C(O)CO.CC(O)C(O)C(O)C(O)CO.CC(O)C(O)C(O)CO. The first-order valence-electron chi connectivity index (χ1n) is 13.7. The average molecular weight is 687 g/mol. The molecule has 0 saturated heterocycles. The van der Waals surface area contributed by atoms with E-state index in [1.54, 1.807) is 0 Å². The summed E-state index contributed by atoms with van der Waals surface area (Å²) >= 11 is 0. The average Bonchev–Trinajstić information content (AvgIpc) is 3.13. The van der Waals surface area contributed by atoms with Crippen LogP contribution in [0.15, 0.2) is 23.7 Å². The van der Waals surface area contributed by atoms with Gasteiger partial charge in [-0.3, -0.25) is 0 Å². The van der Waals surface area contributed by atoms with Gasteiger partial charge in [0.2, 0.25) is 0 Å². The van der Waals surface area contributed by atoms with Crippen molar-refractivity contribution < 1.29 is 102 Å². The van der Waals surface area contributed by atoms with Gasteiger partial charge in [-0.15, -0.1) is 0 Å². The molecule has 278 valence electrons. The van der Waals surface area contributed by atoms with Gasteiger partial charge in [0.05, 0.1) is 58.0 Å². The second-order valence-corrected chi connectivity index (χ2v) is 10.3. The molecule has 0 aliphatic carbocycles. The van der Waals surface area contributed by atoms with Crippen LogP contribution in [0.1, 0.15) is 20.8 Å². The van der Waals surface area contributed by atoms with Crippen molar-refractivity contribution in [3.8, 4) is 0 Å². The second-order valence-electron chi connectivity index (χ2n) is 10.3. The summed E-state index contributed by atoms with van der Waals surface area (Å²) in [7, 11) is 0. The van der Waals surface area contributed by atoms with Crippen LogP contribution in [0.5, 0.6) is 0 Å². The number of ether oxygens (including phenoxy) is 1. The van der Waals surface area contributed by atoms with E-state index in [0.29, 0.717) is 0 Å². The third kappa shape index (κ3) is 17.0. The standard InChI is InChI=1S/C9H14O6.2C6H14O5.C5H12O4/c1-5-3-15-4-9(14,6(11)2-10)8(13)7(5)12;2*1-3(8)5(10)6(11)4(9)2-7;1-3(7)5(9)4(8)2-6/h6,10-14H,1-4H2;2*3-11H,2H2,1H3;3-9H,2H2,1H3. The quantitative estimate of drug-likeness (QED) is 0.0855. The molecule has 0 spiro atoms. The number of rotatable bonds is 13. The minimum absolute atomic E-state index is 0.0731. The van der Waals surface area contributed by atoms with E-state index in [1.165, 1.54) is 20.8 Å². The lowest BCUT2D eigenvalue weighted by molar-refractivity contribution is -0.124. The third-order valence-electron chi connectivity index (χ3n) is 6.22. The van der Waals surface area contributed by atoms with Gasteiger partial charge in [0.1, 0.15) is 54.9 Å². The van der Waals surface area contributed by atoms with Crippen molar-refractivity contribution >= 4 is 0 Å². The molecular weight excluding hydrogens is 632 g/mol. The number of aliphatic hydroxyl groups excluding tert-OH is 18. The van der Waals surface area contributed by atoms with Crippen LogP contribution in [0.3, 0.4) is 0 Å². The summed E-state index contributed by atoms with van der Waals surface area (Å²) < 4.78 is 4.90. The first-order chi connectivity index (χ1) is 21.0. The fourth-order valence-corrected chi connectivity index (χ4v) is 2.92. The predicted octanol–water partition coefficient (Wildman–Crippen LogP) is -8.05. The molecule has 0 fully saturated rings. The summed E-state index contributed by atoms with van der Waals surface area (Å²) in [6.07, 6.45) is -16.1. The molecule has 0 amide bonds.